The van der Waals surface area contributed by atoms with Crippen LogP contribution in [-0.4, -0.2) is 29.3 Å². The number of rotatable bonds is 4. The predicted octanol–water partition coefficient (Wildman–Crippen LogP) is 4.45. The van der Waals surface area contributed by atoms with Crippen molar-refractivity contribution in [2.45, 2.75) is 66.3 Å². The van der Waals surface area contributed by atoms with Crippen LogP contribution in [-0.2, 0) is 4.79 Å². The fraction of sp³-hybridized carbons (Fsp3) is 0.667. The van der Waals surface area contributed by atoms with Gasteiger partial charge < -0.3 is 10.2 Å². The van der Waals surface area contributed by atoms with Gasteiger partial charge in [0.05, 0.1) is 9.88 Å². The summed E-state index contributed by atoms with van der Waals surface area (Å²) >= 11 is 1.39. The number of hydrogen-bond donors (Lipinski definition) is 1. The van der Waals surface area contributed by atoms with E-state index in [9.17, 15) is 9.59 Å². The summed E-state index contributed by atoms with van der Waals surface area (Å²) in [6, 6.07) is 2.28. The molecule has 0 aliphatic heterocycles. The van der Waals surface area contributed by atoms with E-state index in [1.165, 1.54) is 24.2 Å². The Hall–Kier alpha value is -1.36. The molecule has 0 spiro atoms. The second kappa shape index (κ2) is 7.04. The first-order chi connectivity index (χ1) is 10.7. The summed E-state index contributed by atoms with van der Waals surface area (Å²) in [5, 5.41) is 3.69. The van der Waals surface area contributed by atoms with Crippen molar-refractivity contribution in [3.8, 4) is 0 Å². The minimum absolute atomic E-state index is 0.0270. The van der Waals surface area contributed by atoms with E-state index in [1.807, 2.05) is 45.6 Å². The van der Waals surface area contributed by atoms with Crippen molar-refractivity contribution in [1.82, 2.24) is 4.90 Å². The molecule has 23 heavy (non-hydrogen) atoms. The van der Waals surface area contributed by atoms with Crippen LogP contribution in [0, 0.1) is 12.3 Å². The van der Waals surface area contributed by atoms with Crippen molar-refractivity contribution in [3.63, 3.8) is 0 Å². The number of nitrogens with zero attached hydrogens (tertiary/aromatic N) is 1. The Kier molecular flexibility index (Phi) is 5.50. The SMILES string of the molecule is CCN(C(=O)c1sc(NC(=O)C(C)(C)C)cc1C)C1CCCC1. The Balaban J connectivity index is 2.16. The van der Waals surface area contributed by atoms with Gasteiger partial charge in [-0.2, -0.15) is 0 Å². The Bertz CT molecular complexity index is 580. The number of anilines is 1. The highest BCUT2D eigenvalue weighted by molar-refractivity contribution is 7.18. The van der Waals surface area contributed by atoms with Gasteiger partial charge >= 0.3 is 0 Å². The monoisotopic (exact) mass is 336 g/mol. The molecular formula is C18H28N2O2S. The average molecular weight is 337 g/mol. The summed E-state index contributed by atoms with van der Waals surface area (Å²) in [7, 11) is 0. The predicted molar refractivity (Wildman–Crippen MR) is 96.1 cm³/mol. The molecule has 0 bridgehead atoms. The fourth-order valence-corrected chi connectivity index (χ4v) is 3.99. The van der Waals surface area contributed by atoms with Gasteiger partial charge in [0.1, 0.15) is 0 Å². The van der Waals surface area contributed by atoms with Crippen LogP contribution in [0.2, 0.25) is 0 Å². The summed E-state index contributed by atoms with van der Waals surface area (Å²) in [5.74, 6) is 0.0825. The van der Waals surface area contributed by atoms with Crippen LogP contribution in [0.25, 0.3) is 0 Å². The van der Waals surface area contributed by atoms with E-state index in [1.54, 1.807) is 0 Å². The highest BCUT2D eigenvalue weighted by atomic mass is 32.1. The number of aryl methyl sites for hydroxylation is 1. The molecule has 4 nitrogen and oxygen atoms in total. The van der Waals surface area contributed by atoms with Crippen LogP contribution < -0.4 is 5.32 Å². The Morgan fingerprint density at radius 3 is 2.43 bits per heavy atom. The third kappa shape index (κ3) is 4.14. The highest BCUT2D eigenvalue weighted by Gasteiger charge is 2.29. The molecule has 0 radical (unpaired) electrons. The van der Waals surface area contributed by atoms with Crippen LogP contribution >= 0.6 is 11.3 Å². The Morgan fingerprint density at radius 1 is 1.30 bits per heavy atom. The van der Waals surface area contributed by atoms with Crippen LogP contribution in [0.5, 0.6) is 0 Å². The number of thiophene rings is 1. The van der Waals surface area contributed by atoms with Crippen molar-refractivity contribution < 1.29 is 9.59 Å². The molecule has 0 atom stereocenters. The zero-order valence-corrected chi connectivity index (χ0v) is 15.7. The van der Waals surface area contributed by atoms with E-state index in [0.29, 0.717) is 6.04 Å². The smallest absolute Gasteiger partial charge is 0.264 e. The summed E-state index contributed by atoms with van der Waals surface area (Å²) in [6.07, 6.45) is 4.64. The van der Waals surface area contributed by atoms with Crippen molar-refractivity contribution in [2.75, 3.05) is 11.9 Å². The molecule has 1 aromatic rings. The van der Waals surface area contributed by atoms with E-state index in [4.69, 9.17) is 0 Å². The van der Waals surface area contributed by atoms with Gasteiger partial charge in [0.2, 0.25) is 5.91 Å². The molecule has 128 valence electrons. The second-order valence-corrected chi connectivity index (χ2v) is 8.41. The number of carbonyl (C=O) groups is 2. The maximum absolute atomic E-state index is 12.9. The zero-order valence-electron chi connectivity index (χ0n) is 14.9. The van der Waals surface area contributed by atoms with E-state index in [-0.39, 0.29) is 11.8 Å². The molecule has 1 saturated carbocycles. The molecule has 5 heteroatoms. The average Bonchev–Trinajstić information content (AvgIpc) is 3.08. The van der Waals surface area contributed by atoms with E-state index in [2.05, 4.69) is 5.32 Å². The molecule has 0 aromatic carbocycles. The van der Waals surface area contributed by atoms with Crippen LogP contribution in [0.3, 0.4) is 0 Å². The first kappa shape index (κ1) is 18.0. The number of amides is 2. The minimum atomic E-state index is -0.443. The van der Waals surface area contributed by atoms with Gasteiger partial charge in [-0.05, 0) is 38.3 Å². The van der Waals surface area contributed by atoms with Crippen LogP contribution in [0.15, 0.2) is 6.07 Å². The quantitative estimate of drug-likeness (QED) is 0.883. The first-order valence-corrected chi connectivity index (χ1v) is 9.28. The van der Waals surface area contributed by atoms with E-state index in [0.717, 1.165) is 34.8 Å². The number of hydrogen-bond acceptors (Lipinski definition) is 3. The molecular weight excluding hydrogens is 308 g/mol. The Labute approximate surface area is 143 Å². The largest absolute Gasteiger partial charge is 0.335 e. The Morgan fingerprint density at radius 2 is 1.91 bits per heavy atom. The lowest BCUT2D eigenvalue weighted by atomic mass is 9.96. The summed E-state index contributed by atoms with van der Waals surface area (Å²) in [4.78, 5) is 27.8. The lowest BCUT2D eigenvalue weighted by Gasteiger charge is -2.27. The van der Waals surface area contributed by atoms with Gasteiger partial charge in [0.25, 0.3) is 5.91 Å². The van der Waals surface area contributed by atoms with Crippen molar-refractivity contribution in [1.29, 1.82) is 0 Å². The van der Waals surface area contributed by atoms with Gasteiger partial charge in [-0.3, -0.25) is 9.59 Å². The molecule has 0 saturated heterocycles. The third-order valence-corrected chi connectivity index (χ3v) is 5.54. The molecule has 1 N–H and O–H groups in total. The van der Waals surface area contributed by atoms with Gasteiger partial charge in [-0.15, -0.1) is 11.3 Å². The van der Waals surface area contributed by atoms with Crippen LogP contribution in [0.1, 0.15) is 68.6 Å². The number of carbonyl (C=O) groups excluding carboxylic acids is 2. The topological polar surface area (TPSA) is 49.4 Å². The highest BCUT2D eigenvalue weighted by Crippen LogP contribution is 2.31. The first-order valence-electron chi connectivity index (χ1n) is 8.47. The van der Waals surface area contributed by atoms with Crippen molar-refractivity contribution in [2.24, 2.45) is 5.41 Å². The zero-order chi connectivity index (χ0) is 17.2. The lowest BCUT2D eigenvalue weighted by molar-refractivity contribution is -0.123. The van der Waals surface area contributed by atoms with E-state index < -0.39 is 5.41 Å². The molecule has 0 unspecified atom stereocenters. The summed E-state index contributed by atoms with van der Waals surface area (Å²) in [5.41, 5.74) is 0.502. The van der Waals surface area contributed by atoms with E-state index >= 15 is 0 Å². The molecule has 1 aliphatic rings. The second-order valence-electron chi connectivity index (χ2n) is 7.36. The lowest BCUT2D eigenvalue weighted by Crippen LogP contribution is -2.38. The standard InChI is InChI=1S/C18H28N2O2S/c1-6-20(13-9-7-8-10-13)16(21)15-12(2)11-14(23-15)19-17(22)18(3,4)5/h11,13H,6-10H2,1-5H3,(H,19,22). The minimum Gasteiger partial charge on any atom is -0.335 e. The molecule has 2 amide bonds. The van der Waals surface area contributed by atoms with Crippen molar-refractivity contribution in [3.05, 3.63) is 16.5 Å². The van der Waals surface area contributed by atoms with Crippen molar-refractivity contribution >= 4 is 28.2 Å². The fourth-order valence-electron chi connectivity index (χ4n) is 2.97. The summed E-state index contributed by atoms with van der Waals surface area (Å²) < 4.78 is 0. The molecule has 2 rings (SSSR count). The molecule has 1 aromatic heterocycles. The van der Waals surface area contributed by atoms with Gasteiger partial charge in [-0.25, -0.2) is 0 Å². The van der Waals surface area contributed by atoms with Gasteiger partial charge in [-0.1, -0.05) is 33.6 Å². The molecule has 1 heterocycles. The molecule has 1 aliphatic carbocycles. The van der Waals surface area contributed by atoms with Gasteiger partial charge in [0, 0.05) is 18.0 Å². The maximum atomic E-state index is 12.9. The van der Waals surface area contributed by atoms with Crippen LogP contribution in [0.4, 0.5) is 5.00 Å². The number of nitrogens with one attached hydrogen (secondary N) is 1. The third-order valence-electron chi connectivity index (χ3n) is 4.40. The molecule has 1 fully saturated rings. The maximum Gasteiger partial charge on any atom is 0.264 e. The van der Waals surface area contributed by atoms with Gasteiger partial charge in [0.15, 0.2) is 0 Å². The summed E-state index contributed by atoms with van der Waals surface area (Å²) in [6.45, 7) is 10.4. The normalized spacial score (nSPS) is 15.7.